The van der Waals surface area contributed by atoms with E-state index in [2.05, 4.69) is 10.3 Å². The Labute approximate surface area is 101 Å². The van der Waals surface area contributed by atoms with Crippen LogP contribution in [0.15, 0.2) is 18.2 Å². The minimum Gasteiger partial charge on any atom is -0.350 e. The molecule has 0 aliphatic carbocycles. The summed E-state index contributed by atoms with van der Waals surface area (Å²) in [5, 5.41) is 3.06. The second-order valence-electron chi connectivity index (χ2n) is 3.68. The van der Waals surface area contributed by atoms with Crippen LogP contribution in [0.4, 0.5) is 13.2 Å². The van der Waals surface area contributed by atoms with Crippen molar-refractivity contribution < 1.29 is 13.2 Å². The molecule has 2 aromatic rings. The van der Waals surface area contributed by atoms with Gasteiger partial charge in [-0.2, -0.15) is 13.2 Å². The number of aromatic nitrogens is 1. The standard InChI is InChI=1S/C11H10ClF3N2/c1-16-5-6-3-2-4-7-8(6)9(12)10(17-7)11(13,14)15/h2-4,16-17H,5H2,1H3. The molecule has 0 saturated carbocycles. The number of hydrogen-bond acceptors (Lipinski definition) is 1. The van der Waals surface area contributed by atoms with E-state index >= 15 is 0 Å². The Balaban J connectivity index is 2.70. The van der Waals surface area contributed by atoms with Gasteiger partial charge >= 0.3 is 6.18 Å². The van der Waals surface area contributed by atoms with Crippen molar-refractivity contribution in [3.63, 3.8) is 0 Å². The molecular weight excluding hydrogens is 253 g/mol. The molecule has 0 unspecified atom stereocenters. The highest BCUT2D eigenvalue weighted by atomic mass is 35.5. The number of fused-ring (bicyclic) bond motifs is 1. The van der Waals surface area contributed by atoms with E-state index in [9.17, 15) is 13.2 Å². The SMILES string of the molecule is CNCc1cccc2[nH]c(C(F)(F)F)c(Cl)c12. The van der Waals surface area contributed by atoms with E-state index < -0.39 is 11.9 Å². The van der Waals surface area contributed by atoms with Crippen molar-refractivity contribution in [2.75, 3.05) is 7.05 Å². The number of H-pyrrole nitrogens is 1. The molecular formula is C11H10ClF3N2. The van der Waals surface area contributed by atoms with Gasteiger partial charge in [0.05, 0.1) is 5.02 Å². The molecule has 92 valence electrons. The summed E-state index contributed by atoms with van der Waals surface area (Å²) in [7, 11) is 1.73. The van der Waals surface area contributed by atoms with Crippen LogP contribution in [0.3, 0.4) is 0 Å². The Bertz CT molecular complexity index is 545. The molecule has 0 amide bonds. The molecule has 0 aliphatic heterocycles. The van der Waals surface area contributed by atoms with Crippen LogP contribution in [-0.4, -0.2) is 12.0 Å². The van der Waals surface area contributed by atoms with Gasteiger partial charge < -0.3 is 10.3 Å². The van der Waals surface area contributed by atoms with E-state index in [-0.39, 0.29) is 5.02 Å². The summed E-state index contributed by atoms with van der Waals surface area (Å²) >= 11 is 5.80. The average molecular weight is 263 g/mol. The highest BCUT2D eigenvalue weighted by Gasteiger charge is 2.36. The molecule has 0 radical (unpaired) electrons. The van der Waals surface area contributed by atoms with Crippen molar-refractivity contribution >= 4 is 22.5 Å². The molecule has 0 atom stereocenters. The van der Waals surface area contributed by atoms with Crippen molar-refractivity contribution in [1.29, 1.82) is 0 Å². The summed E-state index contributed by atoms with van der Waals surface area (Å²) < 4.78 is 38.0. The first kappa shape index (κ1) is 12.3. The lowest BCUT2D eigenvalue weighted by atomic mass is 10.1. The van der Waals surface area contributed by atoms with Crippen LogP contribution in [-0.2, 0) is 12.7 Å². The lowest BCUT2D eigenvalue weighted by Gasteiger charge is -2.04. The van der Waals surface area contributed by atoms with Gasteiger partial charge in [0.25, 0.3) is 0 Å². The Morgan fingerprint density at radius 2 is 2.06 bits per heavy atom. The number of hydrogen-bond donors (Lipinski definition) is 2. The highest BCUT2D eigenvalue weighted by molar-refractivity contribution is 6.36. The predicted molar refractivity (Wildman–Crippen MR) is 61.1 cm³/mol. The summed E-state index contributed by atoms with van der Waals surface area (Å²) in [4.78, 5) is 2.32. The van der Waals surface area contributed by atoms with Crippen molar-refractivity contribution in [2.45, 2.75) is 12.7 Å². The summed E-state index contributed by atoms with van der Waals surface area (Å²) in [6, 6.07) is 5.02. The molecule has 1 aromatic heterocycles. The maximum absolute atomic E-state index is 12.7. The van der Waals surface area contributed by atoms with Gasteiger partial charge in [0.2, 0.25) is 0 Å². The Morgan fingerprint density at radius 1 is 1.35 bits per heavy atom. The molecule has 0 aliphatic rings. The molecule has 1 heterocycles. The summed E-state index contributed by atoms with van der Waals surface area (Å²) in [5.41, 5.74) is 0.245. The monoisotopic (exact) mass is 262 g/mol. The lowest BCUT2D eigenvalue weighted by Crippen LogP contribution is -2.06. The number of rotatable bonds is 2. The zero-order valence-corrected chi connectivity index (χ0v) is 9.71. The molecule has 2 rings (SSSR count). The minimum absolute atomic E-state index is 0.265. The van der Waals surface area contributed by atoms with Gasteiger partial charge in [0, 0.05) is 17.4 Å². The largest absolute Gasteiger partial charge is 0.432 e. The molecule has 0 saturated heterocycles. The van der Waals surface area contributed by atoms with E-state index in [0.717, 1.165) is 5.56 Å². The van der Waals surface area contributed by atoms with Crippen LogP contribution in [0.5, 0.6) is 0 Å². The van der Waals surface area contributed by atoms with Gasteiger partial charge in [0.15, 0.2) is 0 Å². The third-order valence-electron chi connectivity index (χ3n) is 2.50. The number of halogens is 4. The zero-order chi connectivity index (χ0) is 12.6. The number of nitrogens with one attached hydrogen (secondary N) is 2. The van der Waals surface area contributed by atoms with Gasteiger partial charge in [-0.1, -0.05) is 23.7 Å². The van der Waals surface area contributed by atoms with Crippen LogP contribution in [0.1, 0.15) is 11.3 Å². The van der Waals surface area contributed by atoms with Crippen molar-refractivity contribution in [3.8, 4) is 0 Å². The predicted octanol–water partition coefficient (Wildman–Crippen LogP) is 3.56. The van der Waals surface area contributed by atoms with Crippen molar-refractivity contribution in [1.82, 2.24) is 10.3 Å². The van der Waals surface area contributed by atoms with Crippen LogP contribution in [0.25, 0.3) is 10.9 Å². The number of benzene rings is 1. The maximum atomic E-state index is 12.7. The maximum Gasteiger partial charge on any atom is 0.432 e. The van der Waals surface area contributed by atoms with Crippen LogP contribution in [0.2, 0.25) is 5.02 Å². The third-order valence-corrected chi connectivity index (χ3v) is 2.88. The first-order valence-corrected chi connectivity index (χ1v) is 5.34. The van der Waals surface area contributed by atoms with E-state index in [0.29, 0.717) is 17.4 Å². The molecule has 6 heteroatoms. The third kappa shape index (κ3) is 2.12. The Hall–Kier alpha value is -1.20. The topological polar surface area (TPSA) is 27.8 Å². The minimum atomic E-state index is -4.47. The summed E-state index contributed by atoms with van der Waals surface area (Å²) in [5.74, 6) is 0. The first-order valence-electron chi connectivity index (χ1n) is 4.96. The molecule has 2 nitrogen and oxygen atoms in total. The molecule has 1 aromatic carbocycles. The fraction of sp³-hybridized carbons (Fsp3) is 0.273. The van der Waals surface area contributed by atoms with E-state index in [1.807, 2.05) is 0 Å². The van der Waals surface area contributed by atoms with Crippen LogP contribution < -0.4 is 5.32 Å². The molecule has 0 spiro atoms. The Kier molecular flexibility index (Phi) is 3.05. The zero-order valence-electron chi connectivity index (χ0n) is 8.95. The second-order valence-corrected chi connectivity index (χ2v) is 4.06. The van der Waals surface area contributed by atoms with Gasteiger partial charge in [-0.05, 0) is 18.7 Å². The first-order chi connectivity index (χ1) is 7.95. The van der Waals surface area contributed by atoms with Crippen molar-refractivity contribution in [2.24, 2.45) is 0 Å². The van der Waals surface area contributed by atoms with E-state index in [1.54, 1.807) is 25.2 Å². The molecule has 2 N–H and O–H groups in total. The summed E-state index contributed by atoms with van der Waals surface area (Å²) in [6.45, 7) is 0.464. The second kappa shape index (κ2) is 4.23. The highest BCUT2D eigenvalue weighted by Crippen LogP contribution is 2.39. The van der Waals surface area contributed by atoms with E-state index in [1.165, 1.54) is 0 Å². The fourth-order valence-electron chi connectivity index (χ4n) is 1.81. The smallest absolute Gasteiger partial charge is 0.350 e. The molecule has 17 heavy (non-hydrogen) atoms. The van der Waals surface area contributed by atoms with Crippen LogP contribution in [0, 0.1) is 0 Å². The molecule has 0 bridgehead atoms. The number of alkyl halides is 3. The fourth-order valence-corrected chi connectivity index (χ4v) is 2.19. The quantitative estimate of drug-likeness (QED) is 0.851. The Morgan fingerprint density at radius 3 is 2.65 bits per heavy atom. The van der Waals surface area contributed by atoms with Gasteiger partial charge in [-0.15, -0.1) is 0 Å². The average Bonchev–Trinajstić information content (AvgIpc) is 2.57. The van der Waals surface area contributed by atoms with Crippen molar-refractivity contribution in [3.05, 3.63) is 34.5 Å². The van der Waals surface area contributed by atoms with Crippen LogP contribution >= 0.6 is 11.6 Å². The number of aromatic amines is 1. The van der Waals surface area contributed by atoms with E-state index in [4.69, 9.17) is 11.6 Å². The lowest BCUT2D eigenvalue weighted by molar-refractivity contribution is -0.140. The normalized spacial score (nSPS) is 12.3. The van der Waals surface area contributed by atoms with Gasteiger partial charge in [-0.3, -0.25) is 0 Å². The molecule has 0 fully saturated rings. The summed E-state index contributed by atoms with van der Waals surface area (Å²) in [6.07, 6.45) is -4.47. The van der Waals surface area contributed by atoms with Gasteiger partial charge in [-0.25, -0.2) is 0 Å². The van der Waals surface area contributed by atoms with Gasteiger partial charge in [0.1, 0.15) is 5.69 Å².